The summed E-state index contributed by atoms with van der Waals surface area (Å²) in [5, 5.41) is 2.75. The largest absolute Gasteiger partial charge is 0.375 e. The van der Waals surface area contributed by atoms with Crippen LogP contribution in [0.5, 0.6) is 0 Å². The number of methoxy groups -OCH3 is 1. The molecule has 0 aromatic carbocycles. The molecular weight excluding hydrogens is 220 g/mol. The molecule has 1 saturated heterocycles. The van der Waals surface area contributed by atoms with Crippen molar-refractivity contribution in [2.24, 2.45) is 0 Å². The maximum absolute atomic E-state index is 11.7. The van der Waals surface area contributed by atoms with Crippen LogP contribution in [0.2, 0.25) is 0 Å². The Labute approximate surface area is 102 Å². The quantitative estimate of drug-likeness (QED) is 0.692. The van der Waals surface area contributed by atoms with Crippen molar-refractivity contribution in [3.8, 4) is 0 Å². The maximum atomic E-state index is 11.7. The van der Waals surface area contributed by atoms with E-state index in [4.69, 9.17) is 4.74 Å². The average Bonchev–Trinajstić information content (AvgIpc) is 2.50. The molecule has 0 aliphatic carbocycles. The van der Waals surface area contributed by atoms with Crippen molar-refractivity contribution >= 4 is 11.8 Å². The Morgan fingerprint density at radius 3 is 3.00 bits per heavy atom. The van der Waals surface area contributed by atoms with E-state index in [0.29, 0.717) is 13.0 Å². The number of amides is 2. The number of hydrogen-bond acceptors (Lipinski definition) is 3. The summed E-state index contributed by atoms with van der Waals surface area (Å²) in [6.07, 6.45) is 4.74. The zero-order valence-corrected chi connectivity index (χ0v) is 10.5. The van der Waals surface area contributed by atoms with Crippen LogP contribution in [-0.4, -0.2) is 50.1 Å². The first-order valence-electron chi connectivity index (χ1n) is 6.27. The van der Waals surface area contributed by atoms with E-state index in [2.05, 4.69) is 5.32 Å². The molecule has 0 spiro atoms. The van der Waals surface area contributed by atoms with Crippen LogP contribution in [0.1, 0.15) is 32.1 Å². The van der Waals surface area contributed by atoms with Crippen molar-refractivity contribution in [3.63, 3.8) is 0 Å². The zero-order valence-electron chi connectivity index (χ0n) is 10.5. The van der Waals surface area contributed by atoms with Gasteiger partial charge >= 0.3 is 0 Å². The van der Waals surface area contributed by atoms with Gasteiger partial charge < -0.3 is 15.0 Å². The van der Waals surface area contributed by atoms with Crippen LogP contribution in [0.3, 0.4) is 0 Å². The summed E-state index contributed by atoms with van der Waals surface area (Å²) < 4.78 is 4.71. The number of nitrogens with one attached hydrogen (secondary N) is 1. The zero-order chi connectivity index (χ0) is 12.5. The molecule has 0 bridgehead atoms. The van der Waals surface area contributed by atoms with Gasteiger partial charge in [0.25, 0.3) is 0 Å². The first-order valence-corrected chi connectivity index (χ1v) is 6.27. The lowest BCUT2D eigenvalue weighted by Gasteiger charge is -2.20. The normalized spacial score (nSPS) is 16.8. The van der Waals surface area contributed by atoms with Gasteiger partial charge in [-0.15, -0.1) is 0 Å². The molecule has 5 heteroatoms. The van der Waals surface area contributed by atoms with Crippen LogP contribution < -0.4 is 5.32 Å². The second kappa shape index (κ2) is 8.06. The van der Waals surface area contributed by atoms with E-state index in [1.54, 1.807) is 0 Å². The highest BCUT2D eigenvalue weighted by Gasteiger charge is 2.15. The summed E-state index contributed by atoms with van der Waals surface area (Å²) in [7, 11) is 1.50. The highest BCUT2D eigenvalue weighted by molar-refractivity contribution is 5.77. The van der Waals surface area contributed by atoms with E-state index in [-0.39, 0.29) is 18.4 Å². The molecule has 5 nitrogen and oxygen atoms in total. The van der Waals surface area contributed by atoms with E-state index in [1.807, 2.05) is 4.90 Å². The molecule has 0 atom stereocenters. The lowest BCUT2D eigenvalue weighted by molar-refractivity contribution is -0.130. The highest BCUT2D eigenvalue weighted by Crippen LogP contribution is 2.10. The summed E-state index contributed by atoms with van der Waals surface area (Å²) in [6.45, 7) is 2.31. The Balaban J connectivity index is 2.12. The lowest BCUT2D eigenvalue weighted by atomic mass is 10.2. The van der Waals surface area contributed by atoms with Crippen LogP contribution in [0.15, 0.2) is 0 Å². The number of nitrogens with zero attached hydrogens (tertiary/aromatic N) is 1. The summed E-state index contributed by atoms with van der Waals surface area (Å²) >= 11 is 0. The van der Waals surface area contributed by atoms with Gasteiger partial charge in [-0.3, -0.25) is 9.59 Å². The van der Waals surface area contributed by atoms with Gasteiger partial charge in [-0.05, 0) is 19.3 Å². The second-order valence-electron chi connectivity index (χ2n) is 4.33. The van der Waals surface area contributed by atoms with Crippen molar-refractivity contribution < 1.29 is 14.3 Å². The second-order valence-corrected chi connectivity index (χ2v) is 4.33. The SMILES string of the molecule is COCC(=O)NCCCN1CCCCCC1=O. The maximum Gasteiger partial charge on any atom is 0.245 e. The fourth-order valence-corrected chi connectivity index (χ4v) is 1.95. The van der Waals surface area contributed by atoms with Gasteiger partial charge in [0.1, 0.15) is 6.61 Å². The number of carbonyl (C=O) groups excluding carboxylic acids is 2. The number of rotatable bonds is 6. The van der Waals surface area contributed by atoms with Crippen LogP contribution in [0.4, 0.5) is 0 Å². The lowest BCUT2D eigenvalue weighted by Crippen LogP contribution is -2.34. The third-order valence-corrected chi connectivity index (χ3v) is 2.87. The number of likely N-dealkylation sites (tertiary alicyclic amines) is 1. The molecule has 98 valence electrons. The minimum Gasteiger partial charge on any atom is -0.375 e. The monoisotopic (exact) mass is 242 g/mol. The van der Waals surface area contributed by atoms with E-state index in [0.717, 1.165) is 38.8 Å². The molecule has 0 unspecified atom stereocenters. The smallest absolute Gasteiger partial charge is 0.245 e. The van der Waals surface area contributed by atoms with Gasteiger partial charge in [0.2, 0.25) is 11.8 Å². The van der Waals surface area contributed by atoms with Crippen molar-refractivity contribution in [3.05, 3.63) is 0 Å². The Kier molecular flexibility index (Phi) is 6.62. The first kappa shape index (κ1) is 14.0. The fraction of sp³-hybridized carbons (Fsp3) is 0.833. The molecular formula is C12H22N2O3. The van der Waals surface area contributed by atoms with Crippen molar-refractivity contribution in [1.82, 2.24) is 10.2 Å². The van der Waals surface area contributed by atoms with E-state index in [1.165, 1.54) is 7.11 Å². The number of ether oxygens (including phenoxy) is 1. The van der Waals surface area contributed by atoms with Gasteiger partial charge in [-0.25, -0.2) is 0 Å². The summed E-state index contributed by atoms with van der Waals surface area (Å²) in [6, 6.07) is 0. The average molecular weight is 242 g/mol. The summed E-state index contributed by atoms with van der Waals surface area (Å²) in [5.41, 5.74) is 0. The number of carbonyl (C=O) groups is 2. The molecule has 0 saturated carbocycles. The van der Waals surface area contributed by atoms with Gasteiger partial charge in [-0.1, -0.05) is 6.42 Å². The third-order valence-electron chi connectivity index (χ3n) is 2.87. The highest BCUT2D eigenvalue weighted by atomic mass is 16.5. The molecule has 0 radical (unpaired) electrons. The number of hydrogen-bond donors (Lipinski definition) is 1. The topological polar surface area (TPSA) is 58.6 Å². The van der Waals surface area contributed by atoms with Crippen molar-refractivity contribution in [2.75, 3.05) is 33.4 Å². The van der Waals surface area contributed by atoms with Crippen molar-refractivity contribution in [1.29, 1.82) is 0 Å². The first-order chi connectivity index (χ1) is 8.24. The molecule has 1 heterocycles. The predicted molar refractivity (Wildman–Crippen MR) is 64.6 cm³/mol. The Hall–Kier alpha value is -1.10. The molecule has 17 heavy (non-hydrogen) atoms. The van der Waals surface area contributed by atoms with E-state index < -0.39 is 0 Å². The summed E-state index contributed by atoms with van der Waals surface area (Å²) in [5.74, 6) is 0.153. The minimum absolute atomic E-state index is 0.0998. The van der Waals surface area contributed by atoms with Gasteiger partial charge in [0, 0.05) is 33.2 Å². The predicted octanol–water partition coefficient (Wildman–Crippen LogP) is 0.542. The van der Waals surface area contributed by atoms with Crippen molar-refractivity contribution in [2.45, 2.75) is 32.1 Å². The molecule has 1 aliphatic heterocycles. The minimum atomic E-state index is -0.102. The van der Waals surface area contributed by atoms with Gasteiger partial charge in [0.05, 0.1) is 0 Å². The standard InChI is InChI=1S/C12H22N2O3/c1-17-10-11(15)13-7-5-9-14-8-4-2-3-6-12(14)16/h2-10H2,1H3,(H,13,15). The summed E-state index contributed by atoms with van der Waals surface area (Å²) in [4.78, 5) is 24.7. The van der Waals surface area contributed by atoms with Gasteiger partial charge in [-0.2, -0.15) is 0 Å². The van der Waals surface area contributed by atoms with Gasteiger partial charge in [0.15, 0.2) is 0 Å². The van der Waals surface area contributed by atoms with Crippen LogP contribution in [-0.2, 0) is 14.3 Å². The fourth-order valence-electron chi connectivity index (χ4n) is 1.95. The Morgan fingerprint density at radius 2 is 2.24 bits per heavy atom. The molecule has 2 amide bonds. The van der Waals surface area contributed by atoms with Crippen LogP contribution in [0, 0.1) is 0 Å². The molecule has 0 aromatic heterocycles. The third kappa shape index (κ3) is 5.68. The van der Waals surface area contributed by atoms with E-state index >= 15 is 0 Å². The molecule has 1 aliphatic rings. The molecule has 1 rings (SSSR count). The molecule has 1 N–H and O–H groups in total. The van der Waals surface area contributed by atoms with Crippen LogP contribution >= 0.6 is 0 Å². The molecule has 1 fully saturated rings. The molecule has 0 aromatic rings. The van der Waals surface area contributed by atoms with Crippen LogP contribution in [0.25, 0.3) is 0 Å². The Bertz CT molecular complexity index is 256. The Morgan fingerprint density at radius 1 is 1.41 bits per heavy atom. The van der Waals surface area contributed by atoms with E-state index in [9.17, 15) is 9.59 Å².